The summed E-state index contributed by atoms with van der Waals surface area (Å²) in [5.74, 6) is 0.889. The van der Waals surface area contributed by atoms with Crippen LogP contribution >= 0.6 is 11.6 Å². The zero-order valence-electron chi connectivity index (χ0n) is 12.4. The maximum atomic E-state index is 6.14. The minimum absolute atomic E-state index is 0.294. The molecule has 4 heteroatoms. The molecule has 2 aromatic carbocycles. The Hall–Kier alpha value is -2.00. The van der Waals surface area contributed by atoms with Gasteiger partial charge >= 0.3 is 0 Å². The summed E-state index contributed by atoms with van der Waals surface area (Å²) in [5, 5.41) is 0.638. The second kappa shape index (κ2) is 5.08. The van der Waals surface area contributed by atoms with Crippen LogP contribution in [0.15, 0.2) is 36.4 Å². The molecule has 3 aromatic rings. The van der Waals surface area contributed by atoms with E-state index in [1.165, 1.54) is 5.56 Å². The zero-order valence-corrected chi connectivity index (χ0v) is 13.1. The molecule has 0 atom stereocenters. The summed E-state index contributed by atoms with van der Waals surface area (Å²) < 4.78 is 2.22. The van der Waals surface area contributed by atoms with Crippen molar-refractivity contribution >= 4 is 28.3 Å². The standard InChI is InChI=1S/C17H18ClN3/c1-10(2)21-16-7-4-11(3)8-15(16)20-17(21)13-6-5-12(18)9-14(13)19/h4-10H,19H2,1-3H3. The molecule has 0 aliphatic heterocycles. The Bertz CT molecular complexity index is 818. The van der Waals surface area contributed by atoms with E-state index < -0.39 is 0 Å². The zero-order chi connectivity index (χ0) is 15.1. The molecule has 3 nitrogen and oxygen atoms in total. The highest BCUT2D eigenvalue weighted by Crippen LogP contribution is 2.33. The van der Waals surface area contributed by atoms with Gasteiger partial charge < -0.3 is 10.3 Å². The van der Waals surface area contributed by atoms with E-state index in [0.717, 1.165) is 22.4 Å². The third-order valence-electron chi connectivity index (χ3n) is 3.62. The molecular formula is C17H18ClN3. The number of aromatic nitrogens is 2. The van der Waals surface area contributed by atoms with Gasteiger partial charge in [0.25, 0.3) is 0 Å². The molecule has 0 radical (unpaired) electrons. The van der Waals surface area contributed by atoms with Crippen LogP contribution in [-0.4, -0.2) is 9.55 Å². The first kappa shape index (κ1) is 14.0. The van der Waals surface area contributed by atoms with E-state index in [0.29, 0.717) is 16.8 Å². The molecule has 108 valence electrons. The number of hydrogen-bond donors (Lipinski definition) is 1. The van der Waals surface area contributed by atoms with Crippen LogP contribution in [0.4, 0.5) is 5.69 Å². The molecule has 3 rings (SSSR count). The number of fused-ring (bicyclic) bond motifs is 1. The highest BCUT2D eigenvalue weighted by Gasteiger charge is 2.16. The van der Waals surface area contributed by atoms with Crippen LogP contribution in [0.5, 0.6) is 0 Å². The van der Waals surface area contributed by atoms with Crippen molar-refractivity contribution < 1.29 is 0 Å². The topological polar surface area (TPSA) is 43.8 Å². The smallest absolute Gasteiger partial charge is 0.143 e. The summed E-state index contributed by atoms with van der Waals surface area (Å²) in [5.41, 5.74) is 11.0. The molecule has 0 aliphatic carbocycles. The molecule has 0 fully saturated rings. The van der Waals surface area contributed by atoms with E-state index in [9.17, 15) is 0 Å². The molecule has 2 N–H and O–H groups in total. The van der Waals surface area contributed by atoms with Crippen LogP contribution in [0.3, 0.4) is 0 Å². The van der Waals surface area contributed by atoms with Crippen molar-refractivity contribution in [3.05, 3.63) is 47.0 Å². The Morgan fingerprint density at radius 3 is 2.57 bits per heavy atom. The normalized spacial score (nSPS) is 11.5. The van der Waals surface area contributed by atoms with Gasteiger partial charge in [-0.1, -0.05) is 17.7 Å². The van der Waals surface area contributed by atoms with Crippen molar-refractivity contribution in [2.75, 3.05) is 5.73 Å². The van der Waals surface area contributed by atoms with Gasteiger partial charge in [0.05, 0.1) is 11.0 Å². The SMILES string of the molecule is Cc1ccc2c(c1)nc(-c1ccc(Cl)cc1N)n2C(C)C. The quantitative estimate of drug-likeness (QED) is 0.689. The summed E-state index contributed by atoms with van der Waals surface area (Å²) in [7, 11) is 0. The van der Waals surface area contributed by atoms with Crippen molar-refractivity contribution in [1.29, 1.82) is 0 Å². The number of halogens is 1. The number of nitrogens with two attached hydrogens (primary N) is 1. The fraction of sp³-hybridized carbons (Fsp3) is 0.235. The minimum atomic E-state index is 0.294. The molecule has 0 spiro atoms. The van der Waals surface area contributed by atoms with Crippen LogP contribution in [0, 0.1) is 6.92 Å². The number of hydrogen-bond acceptors (Lipinski definition) is 2. The van der Waals surface area contributed by atoms with Gasteiger partial charge in [0.1, 0.15) is 5.82 Å². The van der Waals surface area contributed by atoms with E-state index in [-0.39, 0.29) is 0 Å². The van der Waals surface area contributed by atoms with E-state index in [4.69, 9.17) is 22.3 Å². The number of nitrogen functional groups attached to an aromatic ring is 1. The Labute approximate surface area is 129 Å². The third kappa shape index (κ3) is 2.38. The fourth-order valence-corrected chi connectivity index (χ4v) is 2.84. The molecule has 1 heterocycles. The third-order valence-corrected chi connectivity index (χ3v) is 3.85. The lowest BCUT2D eigenvalue weighted by atomic mass is 10.1. The van der Waals surface area contributed by atoms with E-state index >= 15 is 0 Å². The number of imidazole rings is 1. The predicted octanol–water partition coefficient (Wildman–Crippen LogP) is 4.83. The number of nitrogens with zero attached hydrogens (tertiary/aromatic N) is 2. The fourth-order valence-electron chi connectivity index (χ4n) is 2.66. The minimum Gasteiger partial charge on any atom is -0.398 e. The van der Waals surface area contributed by atoms with Crippen molar-refractivity contribution in [1.82, 2.24) is 9.55 Å². The van der Waals surface area contributed by atoms with E-state index in [1.54, 1.807) is 6.07 Å². The van der Waals surface area contributed by atoms with Gasteiger partial charge in [-0.3, -0.25) is 0 Å². The average Bonchev–Trinajstić information content (AvgIpc) is 2.76. The first-order chi connectivity index (χ1) is 9.97. The lowest BCUT2D eigenvalue weighted by Crippen LogP contribution is -2.04. The molecule has 0 amide bonds. The summed E-state index contributed by atoms with van der Waals surface area (Å²) in [6.45, 7) is 6.37. The van der Waals surface area contributed by atoms with E-state index in [2.05, 4.69) is 43.5 Å². The highest BCUT2D eigenvalue weighted by atomic mass is 35.5. The Balaban J connectivity index is 2.33. The molecule has 0 saturated heterocycles. The molecule has 1 aromatic heterocycles. The van der Waals surface area contributed by atoms with Gasteiger partial charge in [0.2, 0.25) is 0 Å². The summed E-state index contributed by atoms with van der Waals surface area (Å²) >= 11 is 6.00. The van der Waals surface area contributed by atoms with Crippen LogP contribution in [0.2, 0.25) is 5.02 Å². The van der Waals surface area contributed by atoms with Crippen molar-refractivity contribution in [2.24, 2.45) is 0 Å². The van der Waals surface area contributed by atoms with Crippen LogP contribution in [-0.2, 0) is 0 Å². The Morgan fingerprint density at radius 2 is 1.90 bits per heavy atom. The maximum absolute atomic E-state index is 6.14. The molecule has 21 heavy (non-hydrogen) atoms. The van der Waals surface area contributed by atoms with Gasteiger partial charge in [0, 0.05) is 22.3 Å². The molecule has 0 unspecified atom stereocenters. The molecule has 0 saturated carbocycles. The van der Waals surface area contributed by atoms with Gasteiger partial charge in [0.15, 0.2) is 0 Å². The highest BCUT2D eigenvalue weighted by molar-refractivity contribution is 6.31. The second-order valence-corrected chi connectivity index (χ2v) is 6.06. The lowest BCUT2D eigenvalue weighted by Gasteiger charge is -2.14. The average molecular weight is 300 g/mol. The lowest BCUT2D eigenvalue weighted by molar-refractivity contribution is 0.624. The number of benzene rings is 2. The van der Waals surface area contributed by atoms with Gasteiger partial charge in [-0.15, -0.1) is 0 Å². The summed E-state index contributed by atoms with van der Waals surface area (Å²) in [4.78, 5) is 4.80. The van der Waals surface area contributed by atoms with Crippen LogP contribution < -0.4 is 5.73 Å². The van der Waals surface area contributed by atoms with Crippen LogP contribution in [0.1, 0.15) is 25.5 Å². The molecule has 0 aliphatic rings. The Kier molecular flexibility index (Phi) is 3.38. The summed E-state index contributed by atoms with van der Waals surface area (Å²) in [6.07, 6.45) is 0. The second-order valence-electron chi connectivity index (χ2n) is 5.62. The maximum Gasteiger partial charge on any atom is 0.143 e. The molecular weight excluding hydrogens is 282 g/mol. The van der Waals surface area contributed by atoms with Gasteiger partial charge in [-0.2, -0.15) is 0 Å². The van der Waals surface area contributed by atoms with Crippen molar-refractivity contribution in [3.8, 4) is 11.4 Å². The first-order valence-corrected chi connectivity index (χ1v) is 7.39. The van der Waals surface area contributed by atoms with Gasteiger partial charge in [-0.25, -0.2) is 4.98 Å². The number of aryl methyl sites for hydroxylation is 1. The summed E-state index contributed by atoms with van der Waals surface area (Å²) in [6, 6.07) is 12.2. The van der Waals surface area contributed by atoms with Gasteiger partial charge in [-0.05, 0) is 56.7 Å². The largest absolute Gasteiger partial charge is 0.398 e. The predicted molar refractivity (Wildman–Crippen MR) is 89.7 cm³/mol. The number of rotatable bonds is 2. The van der Waals surface area contributed by atoms with Crippen molar-refractivity contribution in [3.63, 3.8) is 0 Å². The Morgan fingerprint density at radius 1 is 1.14 bits per heavy atom. The monoisotopic (exact) mass is 299 g/mol. The van der Waals surface area contributed by atoms with E-state index in [1.807, 2.05) is 12.1 Å². The van der Waals surface area contributed by atoms with Crippen molar-refractivity contribution in [2.45, 2.75) is 26.8 Å². The first-order valence-electron chi connectivity index (χ1n) is 7.01. The number of anilines is 1. The van der Waals surface area contributed by atoms with Crippen LogP contribution in [0.25, 0.3) is 22.4 Å². The molecule has 0 bridgehead atoms.